The zero-order valence-electron chi connectivity index (χ0n) is 8.11. The molecule has 0 nitrogen and oxygen atoms in total. The van der Waals surface area contributed by atoms with Crippen molar-refractivity contribution < 1.29 is 4.39 Å². The second kappa shape index (κ2) is 3.26. The molecule has 0 fully saturated rings. The van der Waals surface area contributed by atoms with E-state index in [-0.39, 0.29) is 5.82 Å². The Morgan fingerprint density at radius 1 is 1.17 bits per heavy atom. The van der Waals surface area contributed by atoms with Gasteiger partial charge < -0.3 is 0 Å². The van der Waals surface area contributed by atoms with E-state index in [1.807, 2.05) is 13.8 Å². The third-order valence-electron chi connectivity index (χ3n) is 2.15. The fraction of sp³-hybridized carbons (Fsp3) is 0.455. The zero-order chi connectivity index (χ0) is 9.30. The normalized spacial score (nSPS) is 10.8. The van der Waals surface area contributed by atoms with Crippen molar-refractivity contribution in [1.82, 2.24) is 0 Å². The Labute approximate surface area is 73.4 Å². The maximum absolute atomic E-state index is 13.2. The molecule has 0 saturated carbocycles. The van der Waals surface area contributed by atoms with Gasteiger partial charge in [0.25, 0.3) is 0 Å². The summed E-state index contributed by atoms with van der Waals surface area (Å²) in [7, 11) is 0. The number of halogens is 1. The van der Waals surface area contributed by atoms with Crippen LogP contribution in [0.25, 0.3) is 0 Å². The van der Waals surface area contributed by atoms with Crippen molar-refractivity contribution in [2.24, 2.45) is 0 Å². The minimum Gasteiger partial charge on any atom is -0.207 e. The van der Waals surface area contributed by atoms with E-state index in [0.29, 0.717) is 5.92 Å². The summed E-state index contributed by atoms with van der Waals surface area (Å²) in [6, 6.07) is 3.64. The topological polar surface area (TPSA) is 0 Å². The predicted molar refractivity (Wildman–Crippen MR) is 50.0 cm³/mol. The van der Waals surface area contributed by atoms with E-state index in [1.165, 1.54) is 0 Å². The summed E-state index contributed by atoms with van der Waals surface area (Å²) in [6.07, 6.45) is 0. The number of aryl methyl sites for hydroxylation is 1. The monoisotopic (exact) mass is 166 g/mol. The summed E-state index contributed by atoms with van der Waals surface area (Å²) in [6.45, 7) is 7.93. The van der Waals surface area contributed by atoms with E-state index >= 15 is 0 Å². The molecule has 0 N–H and O–H groups in total. The molecule has 0 heterocycles. The molecule has 0 atom stereocenters. The molecule has 0 unspecified atom stereocenters. The van der Waals surface area contributed by atoms with E-state index in [0.717, 1.165) is 16.7 Å². The molecular formula is C11H15F. The third-order valence-corrected chi connectivity index (χ3v) is 2.15. The molecule has 1 aromatic rings. The van der Waals surface area contributed by atoms with Gasteiger partial charge in [0.15, 0.2) is 0 Å². The van der Waals surface area contributed by atoms with Gasteiger partial charge in [-0.05, 0) is 42.5 Å². The van der Waals surface area contributed by atoms with Gasteiger partial charge in [0.1, 0.15) is 5.82 Å². The van der Waals surface area contributed by atoms with Crippen molar-refractivity contribution in [2.75, 3.05) is 0 Å². The Bertz CT molecular complexity index is 287. The van der Waals surface area contributed by atoms with Crippen molar-refractivity contribution in [2.45, 2.75) is 33.6 Å². The van der Waals surface area contributed by atoms with Crippen LogP contribution < -0.4 is 0 Å². The van der Waals surface area contributed by atoms with Gasteiger partial charge in [-0.25, -0.2) is 4.39 Å². The Hall–Kier alpha value is -0.850. The first kappa shape index (κ1) is 9.24. The van der Waals surface area contributed by atoms with Gasteiger partial charge in [-0.1, -0.05) is 19.9 Å². The molecule has 0 amide bonds. The maximum Gasteiger partial charge on any atom is 0.126 e. The lowest BCUT2D eigenvalue weighted by Crippen LogP contribution is -1.96. The van der Waals surface area contributed by atoms with Gasteiger partial charge in [0, 0.05) is 0 Å². The van der Waals surface area contributed by atoms with Gasteiger partial charge in [-0.15, -0.1) is 0 Å². The first-order valence-corrected chi connectivity index (χ1v) is 4.29. The Morgan fingerprint density at radius 2 is 1.75 bits per heavy atom. The molecule has 1 rings (SSSR count). The van der Waals surface area contributed by atoms with Crippen LogP contribution in [0.4, 0.5) is 4.39 Å². The highest BCUT2D eigenvalue weighted by atomic mass is 19.1. The predicted octanol–water partition coefficient (Wildman–Crippen LogP) is 3.57. The number of hydrogen-bond acceptors (Lipinski definition) is 0. The molecular weight excluding hydrogens is 151 g/mol. The standard InChI is InChI=1S/C11H15F/c1-7(2)10-5-8(3)6-11(12)9(10)4/h5-7H,1-4H3. The summed E-state index contributed by atoms with van der Waals surface area (Å²) in [5, 5.41) is 0. The van der Waals surface area contributed by atoms with Crippen LogP contribution in [0.15, 0.2) is 12.1 Å². The molecule has 0 aliphatic carbocycles. The van der Waals surface area contributed by atoms with Crippen molar-refractivity contribution in [3.8, 4) is 0 Å². The quantitative estimate of drug-likeness (QED) is 0.598. The molecule has 66 valence electrons. The van der Waals surface area contributed by atoms with Gasteiger partial charge >= 0.3 is 0 Å². The largest absolute Gasteiger partial charge is 0.207 e. The Kier molecular flexibility index (Phi) is 2.51. The van der Waals surface area contributed by atoms with Gasteiger partial charge in [-0.2, -0.15) is 0 Å². The van der Waals surface area contributed by atoms with Crippen molar-refractivity contribution in [3.05, 3.63) is 34.6 Å². The van der Waals surface area contributed by atoms with Crippen molar-refractivity contribution in [1.29, 1.82) is 0 Å². The van der Waals surface area contributed by atoms with Crippen LogP contribution in [0.3, 0.4) is 0 Å². The van der Waals surface area contributed by atoms with Crippen LogP contribution in [0, 0.1) is 19.7 Å². The smallest absolute Gasteiger partial charge is 0.126 e. The Balaban J connectivity index is 3.28. The summed E-state index contributed by atoms with van der Waals surface area (Å²) in [5.74, 6) is 0.318. The highest BCUT2D eigenvalue weighted by Crippen LogP contribution is 2.22. The SMILES string of the molecule is Cc1cc(F)c(C)c(C(C)C)c1. The number of rotatable bonds is 1. The molecule has 0 spiro atoms. The van der Waals surface area contributed by atoms with E-state index in [9.17, 15) is 4.39 Å². The molecule has 12 heavy (non-hydrogen) atoms. The van der Waals surface area contributed by atoms with E-state index in [1.54, 1.807) is 6.07 Å². The minimum atomic E-state index is -0.0845. The van der Waals surface area contributed by atoms with Crippen LogP contribution >= 0.6 is 0 Å². The average Bonchev–Trinajstić information content (AvgIpc) is 1.96. The Morgan fingerprint density at radius 3 is 2.25 bits per heavy atom. The molecule has 0 aliphatic rings. The lowest BCUT2D eigenvalue weighted by Gasteiger charge is -2.11. The summed E-state index contributed by atoms with van der Waals surface area (Å²) >= 11 is 0. The van der Waals surface area contributed by atoms with Gasteiger partial charge in [0.2, 0.25) is 0 Å². The van der Waals surface area contributed by atoms with Crippen LogP contribution in [0.5, 0.6) is 0 Å². The first-order chi connectivity index (χ1) is 5.52. The second-order valence-corrected chi connectivity index (χ2v) is 3.62. The van der Waals surface area contributed by atoms with E-state index in [4.69, 9.17) is 0 Å². The van der Waals surface area contributed by atoms with Crippen LogP contribution in [-0.2, 0) is 0 Å². The van der Waals surface area contributed by atoms with Gasteiger partial charge in [0.05, 0.1) is 0 Å². The van der Waals surface area contributed by atoms with Crippen molar-refractivity contribution >= 4 is 0 Å². The van der Waals surface area contributed by atoms with Crippen LogP contribution in [0.1, 0.15) is 36.5 Å². The molecule has 0 aromatic heterocycles. The highest BCUT2D eigenvalue weighted by Gasteiger charge is 2.07. The molecule has 0 aliphatic heterocycles. The number of hydrogen-bond donors (Lipinski definition) is 0. The third kappa shape index (κ3) is 1.66. The molecule has 1 aromatic carbocycles. The maximum atomic E-state index is 13.2. The fourth-order valence-electron chi connectivity index (χ4n) is 1.44. The number of benzene rings is 1. The first-order valence-electron chi connectivity index (χ1n) is 4.29. The zero-order valence-corrected chi connectivity index (χ0v) is 8.11. The fourth-order valence-corrected chi connectivity index (χ4v) is 1.44. The van der Waals surface area contributed by atoms with Crippen LogP contribution in [-0.4, -0.2) is 0 Å². The summed E-state index contributed by atoms with van der Waals surface area (Å²) < 4.78 is 13.2. The van der Waals surface area contributed by atoms with Crippen LogP contribution in [0.2, 0.25) is 0 Å². The summed E-state index contributed by atoms with van der Waals surface area (Å²) in [4.78, 5) is 0. The lowest BCUT2D eigenvalue weighted by atomic mass is 9.96. The lowest BCUT2D eigenvalue weighted by molar-refractivity contribution is 0.611. The molecule has 1 heteroatoms. The van der Waals surface area contributed by atoms with Gasteiger partial charge in [-0.3, -0.25) is 0 Å². The second-order valence-electron chi connectivity index (χ2n) is 3.62. The summed E-state index contributed by atoms with van der Waals surface area (Å²) in [5.41, 5.74) is 2.91. The highest BCUT2D eigenvalue weighted by molar-refractivity contribution is 5.33. The van der Waals surface area contributed by atoms with E-state index in [2.05, 4.69) is 19.9 Å². The van der Waals surface area contributed by atoms with Crippen molar-refractivity contribution in [3.63, 3.8) is 0 Å². The van der Waals surface area contributed by atoms with E-state index < -0.39 is 0 Å². The molecule has 0 bridgehead atoms. The average molecular weight is 166 g/mol. The minimum absolute atomic E-state index is 0.0845. The molecule has 0 radical (unpaired) electrons. The molecule has 0 saturated heterocycles.